The quantitative estimate of drug-likeness (QED) is 0.851. The Bertz CT molecular complexity index is 467. The number of hydrogen-bond donors (Lipinski definition) is 2. The van der Waals surface area contributed by atoms with Crippen LogP contribution >= 0.6 is 0 Å². The Morgan fingerprint density at radius 3 is 3.05 bits per heavy atom. The van der Waals surface area contributed by atoms with E-state index in [0.29, 0.717) is 12.3 Å². The van der Waals surface area contributed by atoms with Crippen molar-refractivity contribution in [3.05, 3.63) is 29.6 Å². The number of benzene rings is 1. The van der Waals surface area contributed by atoms with Crippen LogP contribution in [0.1, 0.15) is 18.5 Å². The third kappa shape index (κ3) is 3.35. The van der Waals surface area contributed by atoms with Gasteiger partial charge in [0.1, 0.15) is 18.2 Å². The van der Waals surface area contributed by atoms with Crippen molar-refractivity contribution in [1.82, 2.24) is 10.6 Å². The molecule has 2 atom stereocenters. The highest BCUT2D eigenvalue weighted by atomic mass is 19.1. The zero-order valence-electron chi connectivity index (χ0n) is 10.9. The number of amides is 1. The number of rotatable bonds is 5. The van der Waals surface area contributed by atoms with Gasteiger partial charge in [-0.2, -0.15) is 0 Å². The number of alkyl carbamates (subject to hydrolysis) is 1. The molecule has 0 spiro atoms. The summed E-state index contributed by atoms with van der Waals surface area (Å²) in [5, 5.41) is 5.61. The van der Waals surface area contributed by atoms with Crippen molar-refractivity contribution >= 4 is 6.09 Å². The van der Waals surface area contributed by atoms with E-state index in [4.69, 9.17) is 9.47 Å². The van der Waals surface area contributed by atoms with Gasteiger partial charge in [-0.3, -0.25) is 0 Å². The van der Waals surface area contributed by atoms with Crippen molar-refractivity contribution in [2.24, 2.45) is 0 Å². The van der Waals surface area contributed by atoms with Crippen molar-refractivity contribution in [3.63, 3.8) is 0 Å². The van der Waals surface area contributed by atoms with Crippen LogP contribution in [-0.2, 0) is 4.74 Å². The van der Waals surface area contributed by atoms with Gasteiger partial charge >= 0.3 is 6.09 Å². The second-order valence-electron chi connectivity index (χ2n) is 4.41. The molecule has 6 heteroatoms. The number of cyclic esters (lactones) is 1. The lowest BCUT2D eigenvalue weighted by Crippen LogP contribution is -2.23. The van der Waals surface area contributed by atoms with Gasteiger partial charge < -0.3 is 20.1 Å². The van der Waals surface area contributed by atoms with Gasteiger partial charge in [-0.15, -0.1) is 0 Å². The third-order valence-electron chi connectivity index (χ3n) is 3.05. The summed E-state index contributed by atoms with van der Waals surface area (Å²) < 4.78 is 23.8. The molecule has 19 heavy (non-hydrogen) atoms. The molecule has 1 aliphatic rings. The normalized spacial score (nSPS) is 19.7. The molecule has 1 fully saturated rings. The summed E-state index contributed by atoms with van der Waals surface area (Å²) in [6.07, 6.45) is -0.787. The van der Waals surface area contributed by atoms with Gasteiger partial charge in [-0.25, -0.2) is 9.18 Å². The van der Waals surface area contributed by atoms with Crippen molar-refractivity contribution in [3.8, 4) is 5.75 Å². The molecule has 1 aromatic rings. The number of halogens is 1. The highest BCUT2D eigenvalue weighted by molar-refractivity contribution is 5.69. The van der Waals surface area contributed by atoms with E-state index in [-0.39, 0.29) is 24.6 Å². The van der Waals surface area contributed by atoms with Gasteiger partial charge in [0.15, 0.2) is 6.10 Å². The zero-order chi connectivity index (χ0) is 13.8. The van der Waals surface area contributed by atoms with Gasteiger partial charge in [0.2, 0.25) is 0 Å². The monoisotopic (exact) mass is 268 g/mol. The van der Waals surface area contributed by atoms with E-state index in [9.17, 15) is 9.18 Å². The van der Waals surface area contributed by atoms with E-state index in [1.54, 1.807) is 6.07 Å². The Balaban J connectivity index is 2.05. The predicted octanol–water partition coefficient (Wildman–Crippen LogP) is 1.59. The van der Waals surface area contributed by atoms with Gasteiger partial charge in [0.05, 0.1) is 6.54 Å². The molecule has 0 aliphatic carbocycles. The van der Waals surface area contributed by atoms with Crippen LogP contribution in [0.2, 0.25) is 0 Å². The predicted molar refractivity (Wildman–Crippen MR) is 67.6 cm³/mol. The lowest BCUT2D eigenvalue weighted by Gasteiger charge is -2.17. The molecule has 0 aromatic heterocycles. The number of carbonyl (C=O) groups is 1. The number of ether oxygens (including phenoxy) is 2. The van der Waals surface area contributed by atoms with Crippen molar-refractivity contribution < 1.29 is 18.7 Å². The molecule has 1 aromatic carbocycles. The van der Waals surface area contributed by atoms with Crippen molar-refractivity contribution in [2.75, 3.05) is 20.2 Å². The SMILES string of the molecule is CNC(C)c1ccc(F)cc1OCC1CNC(=O)O1. The van der Waals surface area contributed by atoms with Gasteiger partial charge in [0.25, 0.3) is 0 Å². The minimum absolute atomic E-state index is 0.0415. The summed E-state index contributed by atoms with van der Waals surface area (Å²) in [4.78, 5) is 10.9. The summed E-state index contributed by atoms with van der Waals surface area (Å²) in [7, 11) is 1.82. The van der Waals surface area contributed by atoms with E-state index in [1.165, 1.54) is 12.1 Å². The Morgan fingerprint density at radius 1 is 1.63 bits per heavy atom. The van der Waals surface area contributed by atoms with Crippen LogP contribution in [0.4, 0.5) is 9.18 Å². The van der Waals surface area contributed by atoms with E-state index in [0.717, 1.165) is 5.56 Å². The first-order chi connectivity index (χ1) is 9.10. The molecule has 0 saturated carbocycles. The largest absolute Gasteiger partial charge is 0.489 e. The fourth-order valence-electron chi connectivity index (χ4n) is 1.85. The first-order valence-electron chi connectivity index (χ1n) is 6.14. The van der Waals surface area contributed by atoms with Crippen LogP contribution in [0.5, 0.6) is 5.75 Å². The molecule has 1 heterocycles. The smallest absolute Gasteiger partial charge is 0.407 e. The minimum Gasteiger partial charge on any atom is -0.489 e. The standard InChI is InChI=1S/C13H17FN2O3/c1-8(15-2)11-4-3-9(14)5-12(11)18-7-10-6-16-13(17)19-10/h3-5,8,10,15H,6-7H2,1-2H3,(H,16,17). The maximum atomic E-state index is 13.3. The lowest BCUT2D eigenvalue weighted by molar-refractivity contribution is 0.104. The van der Waals surface area contributed by atoms with Crippen LogP contribution in [0, 0.1) is 5.82 Å². The van der Waals surface area contributed by atoms with E-state index < -0.39 is 6.09 Å². The number of carbonyl (C=O) groups excluding carboxylic acids is 1. The molecule has 104 valence electrons. The second kappa shape index (κ2) is 5.88. The van der Waals surface area contributed by atoms with Crippen LogP contribution in [0.15, 0.2) is 18.2 Å². The number of hydrogen-bond acceptors (Lipinski definition) is 4. The Labute approximate surface area is 111 Å². The van der Waals surface area contributed by atoms with Crippen LogP contribution in [0.3, 0.4) is 0 Å². The summed E-state index contributed by atoms with van der Waals surface area (Å²) in [5.41, 5.74) is 0.862. The Hall–Kier alpha value is -1.82. The van der Waals surface area contributed by atoms with E-state index in [1.807, 2.05) is 14.0 Å². The molecule has 5 nitrogen and oxygen atoms in total. The van der Waals surface area contributed by atoms with Gasteiger partial charge in [0, 0.05) is 17.7 Å². The summed E-state index contributed by atoms with van der Waals surface area (Å²) in [5.74, 6) is 0.105. The maximum absolute atomic E-state index is 13.3. The van der Waals surface area contributed by atoms with Crippen LogP contribution in [-0.4, -0.2) is 32.4 Å². The van der Waals surface area contributed by atoms with Crippen LogP contribution in [0.25, 0.3) is 0 Å². The maximum Gasteiger partial charge on any atom is 0.407 e. The van der Waals surface area contributed by atoms with Crippen molar-refractivity contribution in [2.45, 2.75) is 19.1 Å². The molecule has 2 rings (SSSR count). The van der Waals surface area contributed by atoms with E-state index in [2.05, 4.69) is 10.6 Å². The first kappa shape index (κ1) is 13.6. The molecule has 0 bridgehead atoms. The molecule has 1 aliphatic heterocycles. The molecule has 1 saturated heterocycles. The Morgan fingerprint density at radius 2 is 2.42 bits per heavy atom. The highest BCUT2D eigenvalue weighted by Crippen LogP contribution is 2.26. The minimum atomic E-state index is -0.448. The third-order valence-corrected chi connectivity index (χ3v) is 3.05. The molecule has 0 radical (unpaired) electrons. The lowest BCUT2D eigenvalue weighted by atomic mass is 10.1. The molecule has 1 amide bonds. The molecular formula is C13H17FN2O3. The fraction of sp³-hybridized carbons (Fsp3) is 0.462. The topological polar surface area (TPSA) is 59.6 Å². The second-order valence-corrected chi connectivity index (χ2v) is 4.41. The number of nitrogens with one attached hydrogen (secondary N) is 2. The summed E-state index contributed by atoms with van der Waals surface area (Å²) in [6, 6.07) is 4.46. The average Bonchev–Trinajstić information content (AvgIpc) is 2.81. The highest BCUT2D eigenvalue weighted by Gasteiger charge is 2.23. The fourth-order valence-corrected chi connectivity index (χ4v) is 1.85. The average molecular weight is 268 g/mol. The van der Waals surface area contributed by atoms with Gasteiger partial charge in [-0.1, -0.05) is 6.07 Å². The summed E-state index contributed by atoms with van der Waals surface area (Å²) >= 11 is 0. The van der Waals surface area contributed by atoms with E-state index >= 15 is 0 Å². The van der Waals surface area contributed by atoms with Crippen LogP contribution < -0.4 is 15.4 Å². The molecule has 2 N–H and O–H groups in total. The molecular weight excluding hydrogens is 251 g/mol. The first-order valence-corrected chi connectivity index (χ1v) is 6.14. The Kier molecular flexibility index (Phi) is 4.21. The summed E-state index contributed by atoms with van der Waals surface area (Å²) in [6.45, 7) is 2.56. The van der Waals surface area contributed by atoms with Crippen molar-refractivity contribution in [1.29, 1.82) is 0 Å². The molecule has 2 unspecified atom stereocenters. The zero-order valence-corrected chi connectivity index (χ0v) is 10.9. The van der Waals surface area contributed by atoms with Gasteiger partial charge in [-0.05, 0) is 20.0 Å².